The molecule has 0 aromatic carbocycles. The first-order chi connectivity index (χ1) is 7.11. The average Bonchev–Trinajstić information content (AvgIpc) is 2.24. The SMILES string of the molecule is O=C1CNC2(CCC(C(=O)O)CC2)CN1. The zero-order chi connectivity index (χ0) is 10.9. The molecular weight excluding hydrogens is 196 g/mol. The van der Waals surface area contributed by atoms with Gasteiger partial charge in [-0.3, -0.25) is 9.59 Å². The highest BCUT2D eigenvalue weighted by molar-refractivity contribution is 5.79. The Morgan fingerprint density at radius 2 is 2.07 bits per heavy atom. The third-order valence-corrected chi connectivity index (χ3v) is 3.54. The zero-order valence-corrected chi connectivity index (χ0v) is 8.58. The molecule has 2 aliphatic rings. The first kappa shape index (κ1) is 10.4. The van der Waals surface area contributed by atoms with Crippen molar-refractivity contribution in [2.75, 3.05) is 13.1 Å². The molecule has 15 heavy (non-hydrogen) atoms. The molecule has 0 aromatic rings. The standard InChI is InChI=1S/C10H16N2O3/c13-8-5-12-10(6-11-8)3-1-7(2-4-10)9(14)15/h7,12H,1-6H2,(H,11,13)(H,14,15). The Balaban J connectivity index is 1.92. The number of amides is 1. The molecule has 0 unspecified atom stereocenters. The molecule has 0 radical (unpaired) electrons. The van der Waals surface area contributed by atoms with E-state index in [1.54, 1.807) is 0 Å². The molecule has 1 aliphatic heterocycles. The number of hydrogen-bond acceptors (Lipinski definition) is 3. The topological polar surface area (TPSA) is 78.4 Å². The van der Waals surface area contributed by atoms with Gasteiger partial charge in [0.2, 0.25) is 5.91 Å². The van der Waals surface area contributed by atoms with Gasteiger partial charge in [0.05, 0.1) is 12.5 Å². The van der Waals surface area contributed by atoms with Crippen LogP contribution < -0.4 is 10.6 Å². The number of carboxylic acid groups (broad SMARTS) is 1. The Morgan fingerprint density at radius 1 is 1.40 bits per heavy atom. The van der Waals surface area contributed by atoms with Crippen molar-refractivity contribution in [2.45, 2.75) is 31.2 Å². The largest absolute Gasteiger partial charge is 0.481 e. The Morgan fingerprint density at radius 3 is 2.53 bits per heavy atom. The number of nitrogens with one attached hydrogen (secondary N) is 2. The number of rotatable bonds is 1. The Kier molecular flexibility index (Phi) is 2.65. The number of carbonyl (C=O) groups is 2. The van der Waals surface area contributed by atoms with E-state index in [9.17, 15) is 9.59 Å². The van der Waals surface area contributed by atoms with E-state index in [2.05, 4.69) is 10.6 Å². The number of hydrogen-bond donors (Lipinski definition) is 3. The van der Waals surface area contributed by atoms with E-state index in [0.29, 0.717) is 25.9 Å². The average molecular weight is 212 g/mol. The minimum atomic E-state index is -0.690. The van der Waals surface area contributed by atoms with E-state index in [1.807, 2.05) is 0 Å². The molecule has 5 heteroatoms. The molecule has 0 bridgehead atoms. The quantitative estimate of drug-likeness (QED) is 0.558. The summed E-state index contributed by atoms with van der Waals surface area (Å²) in [6.07, 6.45) is 3.09. The number of carbonyl (C=O) groups excluding carboxylic acids is 1. The van der Waals surface area contributed by atoms with Gasteiger partial charge in [-0.05, 0) is 25.7 Å². The number of aliphatic carboxylic acids is 1. The van der Waals surface area contributed by atoms with Gasteiger partial charge >= 0.3 is 5.97 Å². The van der Waals surface area contributed by atoms with Crippen molar-refractivity contribution in [3.8, 4) is 0 Å². The molecule has 3 N–H and O–H groups in total. The minimum absolute atomic E-state index is 0.0287. The van der Waals surface area contributed by atoms with Crippen LogP contribution in [0.2, 0.25) is 0 Å². The molecule has 2 fully saturated rings. The maximum atomic E-state index is 11.0. The molecular formula is C10H16N2O3. The molecule has 5 nitrogen and oxygen atoms in total. The summed E-state index contributed by atoms with van der Waals surface area (Å²) in [6, 6.07) is 0. The van der Waals surface area contributed by atoms with E-state index in [1.165, 1.54) is 0 Å². The van der Waals surface area contributed by atoms with Crippen LogP contribution in [0.4, 0.5) is 0 Å². The van der Waals surface area contributed by atoms with Gasteiger partial charge in [0, 0.05) is 12.1 Å². The van der Waals surface area contributed by atoms with Gasteiger partial charge in [-0.15, -0.1) is 0 Å². The smallest absolute Gasteiger partial charge is 0.306 e. The lowest BCUT2D eigenvalue weighted by Crippen LogP contribution is -2.62. The molecule has 84 valence electrons. The maximum absolute atomic E-state index is 11.0. The summed E-state index contributed by atoms with van der Waals surface area (Å²) in [5.41, 5.74) is -0.0418. The van der Waals surface area contributed by atoms with Gasteiger partial charge < -0.3 is 15.7 Å². The summed E-state index contributed by atoms with van der Waals surface area (Å²) in [4.78, 5) is 21.8. The molecule has 1 amide bonds. The summed E-state index contributed by atoms with van der Waals surface area (Å²) < 4.78 is 0. The first-order valence-electron chi connectivity index (χ1n) is 5.36. The fourth-order valence-electron chi connectivity index (χ4n) is 2.43. The van der Waals surface area contributed by atoms with Gasteiger partial charge in [0.15, 0.2) is 0 Å². The molecule has 1 saturated heterocycles. The summed E-state index contributed by atoms with van der Waals surface area (Å²) in [5.74, 6) is -0.860. The third kappa shape index (κ3) is 2.12. The second-order valence-electron chi connectivity index (χ2n) is 4.52. The summed E-state index contributed by atoms with van der Waals surface area (Å²) in [5, 5.41) is 15.0. The van der Waals surface area contributed by atoms with Gasteiger partial charge in [-0.1, -0.05) is 0 Å². The van der Waals surface area contributed by atoms with Crippen molar-refractivity contribution in [2.24, 2.45) is 5.92 Å². The molecule has 0 atom stereocenters. The van der Waals surface area contributed by atoms with Crippen molar-refractivity contribution in [3.63, 3.8) is 0 Å². The van der Waals surface area contributed by atoms with Crippen LogP contribution in [0.25, 0.3) is 0 Å². The van der Waals surface area contributed by atoms with Crippen LogP contribution in [0.1, 0.15) is 25.7 Å². The number of piperazine rings is 1. The maximum Gasteiger partial charge on any atom is 0.306 e. The Bertz CT molecular complexity index is 270. The van der Waals surface area contributed by atoms with E-state index >= 15 is 0 Å². The third-order valence-electron chi connectivity index (χ3n) is 3.54. The van der Waals surface area contributed by atoms with Gasteiger partial charge in [0.25, 0.3) is 0 Å². The van der Waals surface area contributed by atoms with E-state index in [4.69, 9.17) is 5.11 Å². The lowest BCUT2D eigenvalue weighted by Gasteiger charge is -2.42. The summed E-state index contributed by atoms with van der Waals surface area (Å²) >= 11 is 0. The van der Waals surface area contributed by atoms with Crippen molar-refractivity contribution in [3.05, 3.63) is 0 Å². The predicted octanol–water partition coefficient (Wildman–Crippen LogP) is -0.281. The molecule has 0 aromatic heterocycles. The van der Waals surface area contributed by atoms with Crippen LogP contribution in [-0.2, 0) is 9.59 Å². The van der Waals surface area contributed by atoms with Crippen LogP contribution >= 0.6 is 0 Å². The first-order valence-corrected chi connectivity index (χ1v) is 5.36. The molecule has 1 spiro atoms. The lowest BCUT2D eigenvalue weighted by atomic mass is 9.75. The fraction of sp³-hybridized carbons (Fsp3) is 0.800. The van der Waals surface area contributed by atoms with Crippen molar-refractivity contribution in [1.29, 1.82) is 0 Å². The van der Waals surface area contributed by atoms with Gasteiger partial charge in [-0.2, -0.15) is 0 Å². The monoisotopic (exact) mass is 212 g/mol. The highest BCUT2D eigenvalue weighted by Gasteiger charge is 2.39. The Labute approximate surface area is 88.2 Å². The van der Waals surface area contributed by atoms with E-state index in [-0.39, 0.29) is 17.4 Å². The lowest BCUT2D eigenvalue weighted by molar-refractivity contribution is -0.143. The van der Waals surface area contributed by atoms with E-state index < -0.39 is 5.97 Å². The molecule has 1 heterocycles. The second-order valence-corrected chi connectivity index (χ2v) is 4.52. The zero-order valence-electron chi connectivity index (χ0n) is 8.58. The Hall–Kier alpha value is -1.10. The van der Waals surface area contributed by atoms with Crippen LogP contribution in [0.5, 0.6) is 0 Å². The van der Waals surface area contributed by atoms with Gasteiger partial charge in [-0.25, -0.2) is 0 Å². The molecule has 2 rings (SSSR count). The van der Waals surface area contributed by atoms with E-state index in [0.717, 1.165) is 12.8 Å². The van der Waals surface area contributed by atoms with Crippen LogP contribution in [0, 0.1) is 5.92 Å². The summed E-state index contributed by atoms with van der Waals surface area (Å²) in [7, 11) is 0. The molecule has 1 saturated carbocycles. The number of carboxylic acids is 1. The van der Waals surface area contributed by atoms with Crippen LogP contribution in [-0.4, -0.2) is 35.6 Å². The minimum Gasteiger partial charge on any atom is -0.481 e. The predicted molar refractivity (Wildman–Crippen MR) is 53.3 cm³/mol. The highest BCUT2D eigenvalue weighted by atomic mass is 16.4. The fourth-order valence-corrected chi connectivity index (χ4v) is 2.43. The second kappa shape index (κ2) is 3.81. The van der Waals surface area contributed by atoms with Crippen molar-refractivity contribution >= 4 is 11.9 Å². The van der Waals surface area contributed by atoms with Crippen molar-refractivity contribution in [1.82, 2.24) is 10.6 Å². The molecule has 1 aliphatic carbocycles. The normalized spacial score (nSPS) is 36.3. The van der Waals surface area contributed by atoms with Crippen molar-refractivity contribution < 1.29 is 14.7 Å². The van der Waals surface area contributed by atoms with Crippen LogP contribution in [0.15, 0.2) is 0 Å². The van der Waals surface area contributed by atoms with Crippen LogP contribution in [0.3, 0.4) is 0 Å². The highest BCUT2D eigenvalue weighted by Crippen LogP contribution is 2.32. The van der Waals surface area contributed by atoms with Gasteiger partial charge in [0.1, 0.15) is 0 Å². The summed E-state index contributed by atoms with van der Waals surface area (Å²) in [6.45, 7) is 0.996.